The zero-order valence-electron chi connectivity index (χ0n) is 9.44. The summed E-state index contributed by atoms with van der Waals surface area (Å²) in [7, 11) is 0. The first-order valence-corrected chi connectivity index (χ1v) is 5.74. The maximum Gasteiger partial charge on any atom is 0.573 e. The van der Waals surface area contributed by atoms with Gasteiger partial charge in [0.15, 0.2) is 5.82 Å². The molecule has 0 amide bonds. The minimum atomic E-state index is -4.77. The van der Waals surface area contributed by atoms with Crippen LogP contribution in [0.2, 0.25) is 0 Å². The third-order valence-corrected chi connectivity index (χ3v) is 2.65. The zero-order chi connectivity index (χ0) is 14.0. The van der Waals surface area contributed by atoms with Crippen molar-refractivity contribution in [3.63, 3.8) is 0 Å². The molecule has 5 nitrogen and oxygen atoms in total. The van der Waals surface area contributed by atoms with Crippen LogP contribution in [0.15, 0.2) is 22.7 Å². The molecule has 0 spiro atoms. The van der Waals surface area contributed by atoms with E-state index >= 15 is 0 Å². The Kier molecular flexibility index (Phi) is 3.65. The number of ether oxygens (including phenoxy) is 1. The molecular weight excluding hydrogens is 329 g/mol. The Hall–Kier alpha value is -1.77. The number of halogens is 4. The van der Waals surface area contributed by atoms with E-state index in [0.717, 1.165) is 6.07 Å². The number of alkyl halides is 3. The van der Waals surface area contributed by atoms with Gasteiger partial charge in [-0.3, -0.25) is 0 Å². The van der Waals surface area contributed by atoms with Gasteiger partial charge in [0.1, 0.15) is 5.75 Å². The molecule has 1 heterocycles. The number of hydrogen-bond donors (Lipinski definition) is 0. The molecule has 0 bridgehead atoms. The molecular formula is C10H6BrF3N4O. The first-order chi connectivity index (χ1) is 8.85. The monoisotopic (exact) mass is 334 g/mol. The van der Waals surface area contributed by atoms with Crippen molar-refractivity contribution in [2.24, 2.45) is 0 Å². The lowest BCUT2D eigenvalue weighted by atomic mass is 10.2. The molecule has 2 aromatic rings. The van der Waals surface area contributed by atoms with Crippen LogP contribution in [0.4, 0.5) is 13.2 Å². The minimum absolute atomic E-state index is 0.116. The lowest BCUT2D eigenvalue weighted by Crippen LogP contribution is -2.17. The molecule has 19 heavy (non-hydrogen) atoms. The van der Waals surface area contributed by atoms with E-state index in [9.17, 15) is 13.2 Å². The first kappa shape index (κ1) is 13.7. The normalized spacial score (nSPS) is 11.4. The zero-order valence-corrected chi connectivity index (χ0v) is 11.0. The third-order valence-electron chi connectivity index (χ3n) is 1.99. The number of aryl methyl sites for hydroxylation is 1. The standard InChI is InChI=1S/C10H6BrF3N4O/c1-5-15-17-9(18-16-5)6-2-3-7(11)8(4-6)19-10(12,13)14/h2-4H,1H3. The van der Waals surface area contributed by atoms with Crippen LogP contribution in [0.1, 0.15) is 5.82 Å². The molecule has 0 saturated heterocycles. The van der Waals surface area contributed by atoms with Crippen LogP contribution in [0, 0.1) is 6.92 Å². The van der Waals surface area contributed by atoms with Gasteiger partial charge in [-0.05, 0) is 41.1 Å². The van der Waals surface area contributed by atoms with Crippen molar-refractivity contribution in [3.8, 4) is 17.1 Å². The molecule has 0 radical (unpaired) electrons. The van der Waals surface area contributed by atoms with E-state index in [4.69, 9.17) is 0 Å². The topological polar surface area (TPSA) is 60.8 Å². The summed E-state index contributed by atoms with van der Waals surface area (Å²) in [5.41, 5.74) is 0.322. The van der Waals surface area contributed by atoms with E-state index in [2.05, 4.69) is 41.1 Å². The van der Waals surface area contributed by atoms with Gasteiger partial charge in [-0.15, -0.1) is 33.6 Å². The second-order valence-electron chi connectivity index (χ2n) is 3.46. The lowest BCUT2D eigenvalue weighted by Gasteiger charge is -2.11. The Morgan fingerprint density at radius 1 is 1.11 bits per heavy atom. The van der Waals surface area contributed by atoms with Crippen molar-refractivity contribution < 1.29 is 17.9 Å². The second kappa shape index (κ2) is 5.08. The van der Waals surface area contributed by atoms with Gasteiger partial charge >= 0.3 is 6.36 Å². The van der Waals surface area contributed by atoms with E-state index in [1.54, 1.807) is 6.92 Å². The predicted octanol–water partition coefficient (Wildman–Crippen LogP) is 2.90. The highest BCUT2D eigenvalue weighted by Crippen LogP contribution is 2.33. The van der Waals surface area contributed by atoms with E-state index in [-0.39, 0.29) is 16.0 Å². The third kappa shape index (κ3) is 3.60. The summed E-state index contributed by atoms with van der Waals surface area (Å²) in [6, 6.07) is 4.09. The summed E-state index contributed by atoms with van der Waals surface area (Å²) < 4.78 is 40.7. The number of aromatic nitrogens is 4. The molecule has 0 aliphatic carbocycles. The Bertz CT molecular complexity index is 588. The molecule has 0 atom stereocenters. The molecule has 0 fully saturated rings. The van der Waals surface area contributed by atoms with Crippen LogP contribution in [0.5, 0.6) is 5.75 Å². The van der Waals surface area contributed by atoms with Gasteiger partial charge in [-0.1, -0.05) is 0 Å². The van der Waals surface area contributed by atoms with Crippen molar-refractivity contribution in [1.82, 2.24) is 20.4 Å². The Balaban J connectivity index is 2.38. The van der Waals surface area contributed by atoms with Gasteiger partial charge in [-0.2, -0.15) is 0 Å². The summed E-state index contributed by atoms with van der Waals surface area (Å²) >= 11 is 2.97. The van der Waals surface area contributed by atoms with Gasteiger partial charge in [-0.25, -0.2) is 0 Å². The van der Waals surface area contributed by atoms with E-state index < -0.39 is 6.36 Å². The maximum absolute atomic E-state index is 12.2. The van der Waals surface area contributed by atoms with Crippen LogP contribution >= 0.6 is 15.9 Å². The van der Waals surface area contributed by atoms with Gasteiger partial charge in [0.05, 0.1) is 4.47 Å². The maximum atomic E-state index is 12.2. The van der Waals surface area contributed by atoms with E-state index in [0.29, 0.717) is 11.4 Å². The Morgan fingerprint density at radius 3 is 2.32 bits per heavy atom. The molecule has 0 unspecified atom stereocenters. The van der Waals surface area contributed by atoms with Crippen LogP contribution in [-0.2, 0) is 0 Å². The predicted molar refractivity (Wildman–Crippen MR) is 62.2 cm³/mol. The second-order valence-corrected chi connectivity index (χ2v) is 4.32. The number of nitrogens with zero attached hydrogens (tertiary/aromatic N) is 4. The minimum Gasteiger partial charge on any atom is -0.405 e. The molecule has 2 rings (SSSR count). The quantitative estimate of drug-likeness (QED) is 0.845. The average molecular weight is 335 g/mol. The first-order valence-electron chi connectivity index (χ1n) is 4.95. The number of rotatable bonds is 2. The molecule has 0 N–H and O–H groups in total. The van der Waals surface area contributed by atoms with E-state index in [1.807, 2.05) is 0 Å². The van der Waals surface area contributed by atoms with Crippen molar-refractivity contribution >= 4 is 15.9 Å². The fourth-order valence-corrected chi connectivity index (χ4v) is 1.57. The summed E-state index contributed by atoms with van der Waals surface area (Å²) in [4.78, 5) is 0. The van der Waals surface area contributed by atoms with Crippen LogP contribution < -0.4 is 4.74 Å². The SMILES string of the molecule is Cc1nnc(-c2ccc(Br)c(OC(F)(F)F)c2)nn1. The van der Waals surface area contributed by atoms with E-state index in [1.165, 1.54) is 12.1 Å². The summed E-state index contributed by atoms with van der Waals surface area (Å²) in [5, 5.41) is 14.8. The van der Waals surface area contributed by atoms with Gasteiger partial charge < -0.3 is 4.74 Å². The summed E-state index contributed by atoms with van der Waals surface area (Å²) in [5.74, 6) is 0.104. The van der Waals surface area contributed by atoms with Gasteiger partial charge in [0.2, 0.25) is 5.82 Å². The molecule has 0 aliphatic heterocycles. The van der Waals surface area contributed by atoms with Crippen LogP contribution in [-0.4, -0.2) is 26.8 Å². The van der Waals surface area contributed by atoms with Crippen LogP contribution in [0.3, 0.4) is 0 Å². The van der Waals surface area contributed by atoms with Gasteiger partial charge in [0.25, 0.3) is 0 Å². The Labute approximate surface area is 114 Å². The molecule has 100 valence electrons. The molecule has 1 aromatic heterocycles. The van der Waals surface area contributed by atoms with Crippen molar-refractivity contribution in [2.45, 2.75) is 13.3 Å². The fraction of sp³-hybridized carbons (Fsp3) is 0.200. The highest BCUT2D eigenvalue weighted by Gasteiger charge is 2.32. The highest BCUT2D eigenvalue weighted by molar-refractivity contribution is 9.10. The number of benzene rings is 1. The smallest absolute Gasteiger partial charge is 0.405 e. The summed E-state index contributed by atoms with van der Waals surface area (Å²) in [6.07, 6.45) is -4.77. The van der Waals surface area contributed by atoms with Crippen molar-refractivity contribution in [3.05, 3.63) is 28.5 Å². The Morgan fingerprint density at radius 2 is 1.74 bits per heavy atom. The van der Waals surface area contributed by atoms with Crippen LogP contribution in [0.25, 0.3) is 11.4 Å². The average Bonchev–Trinajstić information content (AvgIpc) is 2.31. The van der Waals surface area contributed by atoms with Crippen molar-refractivity contribution in [1.29, 1.82) is 0 Å². The lowest BCUT2D eigenvalue weighted by molar-refractivity contribution is -0.274. The molecule has 0 aliphatic rings. The summed E-state index contributed by atoms with van der Waals surface area (Å²) in [6.45, 7) is 1.60. The molecule has 0 saturated carbocycles. The van der Waals surface area contributed by atoms with Crippen molar-refractivity contribution in [2.75, 3.05) is 0 Å². The molecule has 9 heteroatoms. The fourth-order valence-electron chi connectivity index (χ4n) is 1.24. The molecule has 1 aromatic carbocycles. The van der Waals surface area contributed by atoms with Gasteiger partial charge in [0, 0.05) is 5.56 Å². The highest BCUT2D eigenvalue weighted by atomic mass is 79.9. The largest absolute Gasteiger partial charge is 0.573 e. The number of hydrogen-bond acceptors (Lipinski definition) is 5.